The van der Waals surface area contributed by atoms with Crippen LogP contribution in [-0.2, 0) is 11.0 Å². The van der Waals surface area contributed by atoms with Gasteiger partial charge in [0.05, 0.1) is 0 Å². The van der Waals surface area contributed by atoms with Crippen LogP contribution in [0.2, 0.25) is 0 Å². The molecule has 0 saturated heterocycles. The first-order chi connectivity index (χ1) is 7.70. The molecule has 1 aromatic carbocycles. The van der Waals surface area contributed by atoms with E-state index in [0.717, 1.165) is 17.4 Å². The van der Waals surface area contributed by atoms with Crippen LogP contribution in [0.25, 0.3) is 4.85 Å². The maximum Gasteiger partial charge on any atom is 0.252 e. The molecule has 0 fully saturated rings. The van der Waals surface area contributed by atoms with E-state index in [1.165, 1.54) is 0 Å². The van der Waals surface area contributed by atoms with Crippen LogP contribution in [0.4, 0.5) is 0 Å². The van der Waals surface area contributed by atoms with Crippen molar-refractivity contribution in [1.82, 2.24) is 0 Å². The fourth-order valence-corrected chi connectivity index (χ4v) is 1.57. The predicted molar refractivity (Wildman–Crippen MR) is 70.2 cm³/mol. The first-order valence-corrected chi connectivity index (χ1v) is 5.70. The average molecular weight is 229 g/mol. The second kappa shape index (κ2) is 4.33. The molecular formula is C15H19NO. The minimum atomic E-state index is -0.584. The third-order valence-electron chi connectivity index (χ3n) is 2.94. The van der Waals surface area contributed by atoms with E-state index in [1.807, 2.05) is 26.0 Å². The molecule has 0 aliphatic heterocycles. The number of rotatable bonds is 2. The lowest BCUT2D eigenvalue weighted by atomic mass is 9.82. The SMILES string of the molecule is [C-]#[N+]C(C)(C)c1cc(C=O)cc(C(C)(C)C)c1. The maximum absolute atomic E-state index is 11.0. The van der Waals surface area contributed by atoms with Crippen molar-refractivity contribution in [1.29, 1.82) is 0 Å². The van der Waals surface area contributed by atoms with Crippen molar-refractivity contribution in [2.24, 2.45) is 0 Å². The summed E-state index contributed by atoms with van der Waals surface area (Å²) >= 11 is 0. The van der Waals surface area contributed by atoms with E-state index in [2.05, 4.69) is 25.6 Å². The van der Waals surface area contributed by atoms with Gasteiger partial charge in [0.2, 0.25) is 0 Å². The van der Waals surface area contributed by atoms with Gasteiger partial charge < -0.3 is 4.85 Å². The Kier molecular flexibility index (Phi) is 3.43. The second-order valence-corrected chi connectivity index (χ2v) is 5.88. The first kappa shape index (κ1) is 13.4. The highest BCUT2D eigenvalue weighted by Gasteiger charge is 2.28. The summed E-state index contributed by atoms with van der Waals surface area (Å²) in [5.74, 6) is 0. The summed E-state index contributed by atoms with van der Waals surface area (Å²) in [5.41, 5.74) is 2.03. The van der Waals surface area contributed by atoms with Crippen molar-refractivity contribution in [3.63, 3.8) is 0 Å². The summed E-state index contributed by atoms with van der Waals surface area (Å²) in [6.45, 7) is 17.3. The Morgan fingerprint density at radius 1 is 1.06 bits per heavy atom. The minimum absolute atomic E-state index is 0.0219. The highest BCUT2D eigenvalue weighted by molar-refractivity contribution is 5.76. The van der Waals surface area contributed by atoms with Gasteiger partial charge in [0.1, 0.15) is 6.29 Å². The predicted octanol–water partition coefficient (Wildman–Crippen LogP) is 3.95. The Labute approximate surface area is 103 Å². The molecule has 0 unspecified atom stereocenters. The van der Waals surface area contributed by atoms with E-state index in [0.29, 0.717) is 5.56 Å². The van der Waals surface area contributed by atoms with Crippen LogP contribution in [0.5, 0.6) is 0 Å². The van der Waals surface area contributed by atoms with Crippen LogP contribution >= 0.6 is 0 Å². The van der Waals surface area contributed by atoms with Gasteiger partial charge in [0.25, 0.3) is 5.54 Å². The third kappa shape index (κ3) is 2.94. The molecule has 0 aliphatic rings. The lowest BCUT2D eigenvalue weighted by Gasteiger charge is -2.22. The van der Waals surface area contributed by atoms with E-state index in [1.54, 1.807) is 6.07 Å². The van der Waals surface area contributed by atoms with Crippen molar-refractivity contribution in [3.8, 4) is 0 Å². The quantitative estimate of drug-likeness (QED) is 0.555. The number of hydrogen-bond acceptors (Lipinski definition) is 1. The van der Waals surface area contributed by atoms with Gasteiger partial charge in [-0.05, 0) is 29.2 Å². The molecule has 0 aromatic heterocycles. The van der Waals surface area contributed by atoms with Crippen LogP contribution < -0.4 is 0 Å². The molecule has 90 valence electrons. The standard InChI is InChI=1S/C15H19NO/c1-14(2,3)12-7-11(10-17)8-13(9-12)15(4,5)16-6/h7-10H,1-5H3. The van der Waals surface area contributed by atoms with E-state index >= 15 is 0 Å². The molecule has 0 radical (unpaired) electrons. The molecule has 0 N–H and O–H groups in total. The molecule has 0 aliphatic carbocycles. The fraction of sp³-hybridized carbons (Fsp3) is 0.467. The summed E-state index contributed by atoms with van der Waals surface area (Å²) in [6, 6.07) is 5.74. The summed E-state index contributed by atoms with van der Waals surface area (Å²) in [4.78, 5) is 14.6. The van der Waals surface area contributed by atoms with Crippen molar-refractivity contribution < 1.29 is 4.79 Å². The molecule has 1 aromatic rings. The Morgan fingerprint density at radius 2 is 1.59 bits per heavy atom. The highest BCUT2D eigenvalue weighted by Crippen LogP contribution is 2.30. The van der Waals surface area contributed by atoms with Gasteiger partial charge in [-0.2, -0.15) is 0 Å². The molecule has 0 spiro atoms. The summed E-state index contributed by atoms with van der Waals surface area (Å²) in [6.07, 6.45) is 0.846. The maximum atomic E-state index is 11.0. The number of nitrogens with zero attached hydrogens (tertiary/aromatic N) is 1. The first-order valence-electron chi connectivity index (χ1n) is 5.70. The minimum Gasteiger partial charge on any atom is -0.306 e. The Hall–Kier alpha value is -1.62. The average Bonchev–Trinajstić information content (AvgIpc) is 2.27. The van der Waals surface area contributed by atoms with Crippen LogP contribution in [0.3, 0.4) is 0 Å². The fourth-order valence-electron chi connectivity index (χ4n) is 1.57. The summed E-state index contributed by atoms with van der Waals surface area (Å²) in [5, 5.41) is 0. The molecule has 2 nitrogen and oxygen atoms in total. The lowest BCUT2D eigenvalue weighted by Crippen LogP contribution is -2.17. The molecule has 0 saturated carbocycles. The van der Waals surface area contributed by atoms with Gasteiger partial charge in [-0.1, -0.05) is 20.8 Å². The topological polar surface area (TPSA) is 21.4 Å². The molecule has 17 heavy (non-hydrogen) atoms. The molecule has 2 heteroatoms. The normalized spacial score (nSPS) is 12.0. The Balaban J connectivity index is 3.45. The van der Waals surface area contributed by atoms with Gasteiger partial charge in [0, 0.05) is 25.0 Å². The third-order valence-corrected chi connectivity index (χ3v) is 2.94. The van der Waals surface area contributed by atoms with Crippen LogP contribution in [0, 0.1) is 6.57 Å². The van der Waals surface area contributed by atoms with Crippen molar-refractivity contribution >= 4 is 6.29 Å². The van der Waals surface area contributed by atoms with Crippen LogP contribution in [0.1, 0.15) is 56.1 Å². The zero-order valence-electron chi connectivity index (χ0n) is 11.2. The molecular weight excluding hydrogens is 210 g/mol. The van der Waals surface area contributed by atoms with Gasteiger partial charge in [-0.15, -0.1) is 0 Å². The Morgan fingerprint density at radius 3 is 2.00 bits per heavy atom. The summed E-state index contributed by atoms with van der Waals surface area (Å²) < 4.78 is 0. The van der Waals surface area contributed by atoms with E-state index in [-0.39, 0.29) is 5.41 Å². The largest absolute Gasteiger partial charge is 0.306 e. The van der Waals surface area contributed by atoms with Gasteiger partial charge >= 0.3 is 0 Å². The van der Waals surface area contributed by atoms with Crippen LogP contribution in [0.15, 0.2) is 18.2 Å². The van der Waals surface area contributed by atoms with Crippen molar-refractivity contribution in [2.45, 2.75) is 45.6 Å². The van der Waals surface area contributed by atoms with Gasteiger partial charge in [0.15, 0.2) is 0 Å². The number of carbonyl (C=O) groups is 1. The number of aldehydes is 1. The Bertz CT molecular complexity index is 473. The van der Waals surface area contributed by atoms with Crippen molar-refractivity contribution in [2.75, 3.05) is 0 Å². The zero-order valence-corrected chi connectivity index (χ0v) is 11.2. The van der Waals surface area contributed by atoms with E-state index in [9.17, 15) is 4.79 Å². The molecule has 0 atom stereocenters. The van der Waals surface area contributed by atoms with E-state index in [4.69, 9.17) is 6.57 Å². The zero-order chi connectivity index (χ0) is 13.3. The number of hydrogen-bond donors (Lipinski definition) is 0. The lowest BCUT2D eigenvalue weighted by molar-refractivity contribution is 0.112. The van der Waals surface area contributed by atoms with E-state index < -0.39 is 5.54 Å². The smallest absolute Gasteiger partial charge is 0.252 e. The van der Waals surface area contributed by atoms with Gasteiger partial charge in [-0.25, -0.2) is 6.57 Å². The molecule has 0 amide bonds. The molecule has 0 bridgehead atoms. The number of carbonyl (C=O) groups excluding carboxylic acids is 1. The monoisotopic (exact) mass is 229 g/mol. The molecule has 1 rings (SSSR count). The summed E-state index contributed by atoms with van der Waals surface area (Å²) in [7, 11) is 0. The van der Waals surface area contributed by atoms with Crippen LogP contribution in [-0.4, -0.2) is 6.29 Å². The van der Waals surface area contributed by atoms with Crippen molar-refractivity contribution in [3.05, 3.63) is 46.3 Å². The molecule has 0 heterocycles. The second-order valence-electron chi connectivity index (χ2n) is 5.88. The number of benzene rings is 1. The van der Waals surface area contributed by atoms with Gasteiger partial charge in [-0.3, -0.25) is 4.79 Å². The highest BCUT2D eigenvalue weighted by atomic mass is 16.1.